The number of carbonyl (C=O) groups is 2. The van der Waals surface area contributed by atoms with Gasteiger partial charge >= 0.3 is 0 Å². The molecule has 1 heterocycles. The predicted molar refractivity (Wildman–Crippen MR) is 90.9 cm³/mol. The lowest BCUT2D eigenvalue weighted by Gasteiger charge is -2.09. The number of benzene rings is 1. The van der Waals surface area contributed by atoms with Gasteiger partial charge in [0.1, 0.15) is 6.26 Å². The summed E-state index contributed by atoms with van der Waals surface area (Å²) in [4.78, 5) is 23.7. The minimum Gasteiger partial charge on any atom is -0.457 e. The average Bonchev–Trinajstić information content (AvgIpc) is 2.89. The van der Waals surface area contributed by atoms with E-state index in [0.29, 0.717) is 10.2 Å². The van der Waals surface area contributed by atoms with Crippen LogP contribution in [0.1, 0.15) is 22.3 Å². The van der Waals surface area contributed by atoms with Crippen molar-refractivity contribution < 1.29 is 14.0 Å². The summed E-state index contributed by atoms with van der Waals surface area (Å²) in [5.74, 6) is -0.434. The van der Waals surface area contributed by atoms with E-state index in [9.17, 15) is 9.59 Å². The average molecular weight is 430 g/mol. The van der Waals surface area contributed by atoms with E-state index in [0.717, 1.165) is 15.7 Å². The number of amides is 2. The summed E-state index contributed by atoms with van der Waals surface area (Å²) in [5, 5.41) is 5.49. The van der Waals surface area contributed by atoms with Gasteiger partial charge in [0.25, 0.3) is 5.91 Å². The van der Waals surface area contributed by atoms with E-state index in [1.165, 1.54) is 6.26 Å². The van der Waals surface area contributed by atoms with E-state index in [4.69, 9.17) is 4.42 Å². The highest BCUT2D eigenvalue weighted by Gasteiger charge is 2.10. The summed E-state index contributed by atoms with van der Waals surface area (Å²) in [5.41, 5.74) is 2.14. The van der Waals surface area contributed by atoms with Gasteiger partial charge in [-0.25, -0.2) is 0 Å². The Morgan fingerprint density at radius 2 is 2.00 bits per heavy atom. The van der Waals surface area contributed by atoms with Crippen LogP contribution in [0.15, 0.2) is 44.1 Å². The Morgan fingerprint density at radius 1 is 1.23 bits per heavy atom. The molecule has 0 aliphatic heterocycles. The fourth-order valence-electron chi connectivity index (χ4n) is 1.76. The fourth-order valence-corrected chi connectivity index (χ4v) is 2.46. The van der Waals surface area contributed by atoms with Crippen molar-refractivity contribution in [1.82, 2.24) is 5.32 Å². The third-order valence-corrected chi connectivity index (χ3v) is 3.85. The second kappa shape index (κ2) is 7.60. The molecule has 5 nitrogen and oxygen atoms in total. The molecule has 0 aliphatic carbocycles. The number of aryl methyl sites for hydroxylation is 1. The van der Waals surface area contributed by atoms with Gasteiger partial charge < -0.3 is 15.1 Å². The summed E-state index contributed by atoms with van der Waals surface area (Å²) in [6, 6.07) is 7.24. The predicted octanol–water partition coefficient (Wildman–Crippen LogP) is 3.87. The summed E-state index contributed by atoms with van der Waals surface area (Å²) >= 11 is 6.49. The molecule has 2 N–H and O–H groups in total. The monoisotopic (exact) mass is 428 g/mol. The van der Waals surface area contributed by atoms with Gasteiger partial charge in [-0.3, -0.25) is 9.59 Å². The topological polar surface area (TPSA) is 71.3 Å². The highest BCUT2D eigenvalue weighted by molar-refractivity contribution is 9.10. The molecule has 22 heavy (non-hydrogen) atoms. The maximum Gasteiger partial charge on any atom is 0.254 e. The molecular weight excluding hydrogens is 416 g/mol. The molecule has 0 aliphatic rings. The molecule has 2 aromatic rings. The van der Waals surface area contributed by atoms with Crippen LogP contribution in [-0.4, -0.2) is 18.4 Å². The van der Waals surface area contributed by atoms with Gasteiger partial charge in [0, 0.05) is 29.2 Å². The minimum absolute atomic E-state index is 0.158. The van der Waals surface area contributed by atoms with Crippen molar-refractivity contribution in [2.75, 3.05) is 11.9 Å². The van der Waals surface area contributed by atoms with E-state index in [1.54, 1.807) is 6.07 Å². The molecule has 2 rings (SSSR count). The Kier molecular flexibility index (Phi) is 5.79. The van der Waals surface area contributed by atoms with Crippen molar-refractivity contribution in [2.24, 2.45) is 0 Å². The van der Waals surface area contributed by atoms with Crippen molar-refractivity contribution in [3.05, 3.63) is 50.8 Å². The van der Waals surface area contributed by atoms with Gasteiger partial charge in [-0.05, 0) is 40.5 Å². The van der Waals surface area contributed by atoms with E-state index >= 15 is 0 Å². The zero-order valence-corrected chi connectivity index (χ0v) is 15.0. The molecular formula is C15H14Br2N2O3. The molecule has 1 aromatic carbocycles. The molecule has 116 valence electrons. The zero-order valence-electron chi connectivity index (χ0n) is 11.8. The van der Waals surface area contributed by atoms with Crippen molar-refractivity contribution in [2.45, 2.75) is 13.3 Å². The maximum atomic E-state index is 11.9. The molecule has 0 saturated heterocycles. The third kappa shape index (κ3) is 4.71. The molecule has 2 amide bonds. The maximum absolute atomic E-state index is 11.9. The number of carbonyl (C=O) groups excluding carboxylic acids is 2. The molecule has 1 aromatic heterocycles. The van der Waals surface area contributed by atoms with E-state index in [1.807, 2.05) is 25.1 Å². The largest absolute Gasteiger partial charge is 0.457 e. The van der Waals surface area contributed by atoms with Gasteiger partial charge in [-0.2, -0.15) is 0 Å². The first-order valence-electron chi connectivity index (χ1n) is 6.54. The van der Waals surface area contributed by atoms with Gasteiger partial charge in [0.2, 0.25) is 5.91 Å². The highest BCUT2D eigenvalue weighted by atomic mass is 79.9. The Bertz CT molecular complexity index is 698. The smallest absolute Gasteiger partial charge is 0.254 e. The molecule has 0 spiro atoms. The van der Waals surface area contributed by atoms with Crippen molar-refractivity contribution >= 4 is 49.4 Å². The van der Waals surface area contributed by atoms with Crippen molar-refractivity contribution in [1.29, 1.82) is 0 Å². The Hall–Kier alpha value is -1.60. The van der Waals surface area contributed by atoms with Crippen LogP contribution < -0.4 is 10.6 Å². The van der Waals surface area contributed by atoms with Gasteiger partial charge in [0.05, 0.1) is 5.56 Å². The van der Waals surface area contributed by atoms with E-state index in [-0.39, 0.29) is 24.8 Å². The Labute approximate surface area is 144 Å². The van der Waals surface area contributed by atoms with E-state index < -0.39 is 0 Å². The lowest BCUT2D eigenvalue weighted by atomic mass is 10.2. The summed E-state index contributed by atoms with van der Waals surface area (Å²) in [6.07, 6.45) is 1.54. The first-order chi connectivity index (χ1) is 10.5. The quantitative estimate of drug-likeness (QED) is 0.757. The molecule has 0 atom stereocenters. The molecule has 0 bridgehead atoms. The normalized spacial score (nSPS) is 10.3. The molecule has 0 radical (unpaired) electrons. The first-order valence-corrected chi connectivity index (χ1v) is 8.12. The Morgan fingerprint density at radius 3 is 2.68 bits per heavy atom. The second-order valence-electron chi connectivity index (χ2n) is 4.65. The number of furan rings is 1. The molecule has 0 saturated carbocycles. The Balaban J connectivity index is 1.80. The lowest BCUT2D eigenvalue weighted by molar-refractivity contribution is -0.116. The third-order valence-electron chi connectivity index (χ3n) is 2.94. The van der Waals surface area contributed by atoms with Crippen LogP contribution in [0.2, 0.25) is 0 Å². The number of halogens is 2. The van der Waals surface area contributed by atoms with Crippen LogP contribution in [-0.2, 0) is 4.79 Å². The second-order valence-corrected chi connectivity index (χ2v) is 6.35. The van der Waals surface area contributed by atoms with Gasteiger partial charge in [-0.15, -0.1) is 0 Å². The van der Waals surface area contributed by atoms with Crippen LogP contribution >= 0.6 is 31.9 Å². The molecule has 0 fully saturated rings. The number of hydrogen-bond acceptors (Lipinski definition) is 3. The van der Waals surface area contributed by atoms with Crippen LogP contribution in [0.3, 0.4) is 0 Å². The number of nitrogens with one attached hydrogen (secondary N) is 2. The first kappa shape index (κ1) is 16.8. The van der Waals surface area contributed by atoms with Crippen LogP contribution in [0.25, 0.3) is 0 Å². The summed E-state index contributed by atoms with van der Waals surface area (Å²) < 4.78 is 6.37. The van der Waals surface area contributed by atoms with E-state index in [2.05, 4.69) is 42.5 Å². The van der Waals surface area contributed by atoms with Crippen molar-refractivity contribution in [3.63, 3.8) is 0 Å². The minimum atomic E-state index is -0.277. The molecule has 0 unspecified atom stereocenters. The lowest BCUT2D eigenvalue weighted by Crippen LogP contribution is -2.27. The van der Waals surface area contributed by atoms with Crippen molar-refractivity contribution in [3.8, 4) is 0 Å². The summed E-state index contributed by atoms with van der Waals surface area (Å²) in [7, 11) is 0. The van der Waals surface area contributed by atoms with Crippen LogP contribution in [0.4, 0.5) is 5.69 Å². The van der Waals surface area contributed by atoms with Crippen LogP contribution in [0.5, 0.6) is 0 Å². The number of hydrogen-bond donors (Lipinski definition) is 2. The SMILES string of the molecule is Cc1ccc(Br)cc1NC(=O)CCNC(=O)c1coc(Br)c1. The van der Waals surface area contributed by atoms with Gasteiger partial charge in [-0.1, -0.05) is 22.0 Å². The number of anilines is 1. The summed E-state index contributed by atoms with van der Waals surface area (Å²) in [6.45, 7) is 2.17. The standard InChI is InChI=1S/C15H14Br2N2O3/c1-9-2-3-11(16)7-12(9)19-14(20)4-5-18-15(21)10-6-13(17)22-8-10/h2-3,6-8H,4-5H2,1H3,(H,18,21)(H,19,20). The zero-order chi connectivity index (χ0) is 16.1. The van der Waals surface area contributed by atoms with Crippen LogP contribution in [0, 0.1) is 6.92 Å². The fraction of sp³-hybridized carbons (Fsp3) is 0.200. The molecule has 7 heteroatoms. The highest BCUT2D eigenvalue weighted by Crippen LogP contribution is 2.20. The van der Waals surface area contributed by atoms with Gasteiger partial charge in [0.15, 0.2) is 4.67 Å². The number of rotatable bonds is 5.